The van der Waals surface area contributed by atoms with Gasteiger partial charge in [0.2, 0.25) is 0 Å². The third kappa shape index (κ3) is 31.7. The van der Waals surface area contributed by atoms with Crippen molar-refractivity contribution in [3.63, 3.8) is 0 Å². The van der Waals surface area contributed by atoms with Crippen LogP contribution in [-0.2, 0) is 24.4 Å². The van der Waals surface area contributed by atoms with E-state index in [9.17, 15) is 0 Å². The van der Waals surface area contributed by atoms with Crippen molar-refractivity contribution in [1.82, 2.24) is 14.7 Å². The Morgan fingerprint density at radius 1 is 0.840 bits per heavy atom. The van der Waals surface area contributed by atoms with E-state index in [1.54, 1.807) is 3.33 Å². The molecule has 0 amide bonds. The Hall–Kier alpha value is -0.550. The van der Waals surface area contributed by atoms with Crippen LogP contribution < -0.4 is 0 Å². The Labute approximate surface area is 173 Å². The van der Waals surface area contributed by atoms with E-state index in [1.165, 1.54) is 36.4 Å². The van der Waals surface area contributed by atoms with Crippen molar-refractivity contribution < 1.29 is 24.4 Å². The van der Waals surface area contributed by atoms with Gasteiger partial charge in [0.05, 0.1) is 0 Å². The zero-order valence-corrected chi connectivity index (χ0v) is 21.3. The molecule has 1 rings (SSSR count). The van der Waals surface area contributed by atoms with Crippen LogP contribution in [-0.4, -0.2) is 76.6 Å². The van der Waals surface area contributed by atoms with E-state index in [1.807, 2.05) is 60.5 Å². The molecule has 4 heteroatoms. The van der Waals surface area contributed by atoms with Gasteiger partial charge in [-0.25, -0.2) is 0 Å². The molecule has 25 heavy (non-hydrogen) atoms. The van der Waals surface area contributed by atoms with Gasteiger partial charge in [0.25, 0.3) is 0 Å². The van der Waals surface area contributed by atoms with E-state index in [-0.39, 0.29) is 0 Å². The molecule has 0 bridgehead atoms. The zero-order chi connectivity index (χ0) is 20.3. The average Bonchev–Trinajstić information content (AvgIpc) is 2.84. The topological polar surface area (TPSA) is 9.72 Å². The van der Waals surface area contributed by atoms with Gasteiger partial charge in [0.1, 0.15) is 0 Å². The third-order valence-electron chi connectivity index (χ3n) is 2.65. The zero-order valence-electron chi connectivity index (χ0n) is 17.7. The summed E-state index contributed by atoms with van der Waals surface area (Å²) in [6.07, 6.45) is 11.3. The van der Waals surface area contributed by atoms with Gasteiger partial charge < -0.3 is 14.7 Å². The van der Waals surface area contributed by atoms with E-state index in [0.717, 1.165) is 19.6 Å². The maximum atomic E-state index is 3.56. The summed E-state index contributed by atoms with van der Waals surface area (Å²) in [7, 11) is 12.1. The Balaban J connectivity index is -0.000000259. The minimum absolute atomic E-state index is 0.972. The van der Waals surface area contributed by atoms with Crippen LogP contribution in [0.2, 0.25) is 0 Å². The van der Waals surface area contributed by atoms with E-state index >= 15 is 0 Å². The molecule has 0 fully saturated rings. The molecular formula is C21H40HfN3. The summed E-state index contributed by atoms with van der Waals surface area (Å²) >= 11 is 1.25. The molecule has 0 heterocycles. The molecule has 0 aromatic heterocycles. The molecule has 0 spiro atoms. The fourth-order valence-corrected chi connectivity index (χ4v) is 2.11. The van der Waals surface area contributed by atoms with Gasteiger partial charge in [-0.05, 0) is 42.3 Å². The van der Waals surface area contributed by atoms with Crippen molar-refractivity contribution in [2.75, 3.05) is 61.9 Å². The fraction of sp³-hybridized carbons (Fsp3) is 0.524. The van der Waals surface area contributed by atoms with E-state index in [4.69, 9.17) is 0 Å². The molecule has 0 N–H and O–H groups in total. The summed E-state index contributed by atoms with van der Waals surface area (Å²) < 4.78 is 1.65. The molecule has 0 aromatic carbocycles. The van der Waals surface area contributed by atoms with Crippen molar-refractivity contribution in [3.8, 4) is 0 Å². The Bertz CT molecular complexity index is 361. The predicted molar refractivity (Wildman–Crippen MR) is 113 cm³/mol. The van der Waals surface area contributed by atoms with Gasteiger partial charge in [0, 0.05) is 19.6 Å². The average molecular weight is 513 g/mol. The second-order valence-electron chi connectivity index (χ2n) is 6.42. The van der Waals surface area contributed by atoms with Gasteiger partial charge in [0.15, 0.2) is 0 Å². The number of hydrogen-bond acceptors (Lipinski definition) is 3. The SMILES string of the molecule is C=CCN(C)C.C=CCN(C)C.C=CCN(C)C.CC1=[C]([Hf])CC=C1. The summed E-state index contributed by atoms with van der Waals surface area (Å²) in [5.41, 5.74) is 1.51. The first-order chi connectivity index (χ1) is 11.6. The molecule has 1 aliphatic rings. The van der Waals surface area contributed by atoms with Crippen LogP contribution in [0, 0.1) is 0 Å². The fourth-order valence-electron chi connectivity index (χ4n) is 1.39. The first-order valence-electron chi connectivity index (χ1n) is 8.47. The minimum atomic E-state index is 0.972. The van der Waals surface area contributed by atoms with Gasteiger partial charge in [-0.15, -0.1) is 19.7 Å². The van der Waals surface area contributed by atoms with E-state index < -0.39 is 0 Å². The van der Waals surface area contributed by atoms with Crippen molar-refractivity contribution in [1.29, 1.82) is 0 Å². The Morgan fingerprint density at radius 2 is 1.16 bits per heavy atom. The normalized spacial score (nSPS) is 11.9. The standard InChI is InChI=1S/C6H7.3C5H11N.Hf/c1-6-4-2-3-5-6;3*1-4-5-6(2)3;/h2,4H,3H2,1H3;3*4H,1,5H2,2-3H3;. The van der Waals surface area contributed by atoms with E-state index in [2.05, 4.69) is 53.5 Å². The molecule has 1 aliphatic carbocycles. The second-order valence-corrected chi connectivity index (χ2v) is 8.59. The number of rotatable bonds is 6. The molecule has 3 nitrogen and oxygen atoms in total. The van der Waals surface area contributed by atoms with Gasteiger partial charge >= 0.3 is 58.8 Å². The molecule has 0 radical (unpaired) electrons. The monoisotopic (exact) mass is 514 g/mol. The quantitative estimate of drug-likeness (QED) is 0.394. The molecule has 0 saturated heterocycles. The first kappa shape index (κ1) is 29.2. The molecule has 0 aliphatic heterocycles. The van der Waals surface area contributed by atoms with Crippen LogP contribution in [0.1, 0.15) is 13.3 Å². The molecule has 0 saturated carbocycles. The summed E-state index contributed by atoms with van der Waals surface area (Å²) in [6.45, 7) is 15.8. The van der Waals surface area contributed by atoms with Crippen LogP contribution in [0.25, 0.3) is 0 Å². The van der Waals surface area contributed by atoms with Crippen LogP contribution in [0.3, 0.4) is 0 Å². The van der Waals surface area contributed by atoms with Crippen LogP contribution >= 0.6 is 0 Å². The molecular weight excluding hydrogens is 473 g/mol. The molecule has 0 unspecified atom stereocenters. The van der Waals surface area contributed by atoms with Gasteiger partial charge in [-0.2, -0.15) is 0 Å². The number of likely N-dealkylation sites (N-methyl/N-ethyl adjacent to an activating group) is 3. The first-order valence-corrected chi connectivity index (χ1v) is 10.3. The van der Waals surface area contributed by atoms with Gasteiger partial charge in [-0.3, -0.25) is 0 Å². The molecule has 0 atom stereocenters. The third-order valence-corrected chi connectivity index (χ3v) is 4.80. The summed E-state index contributed by atoms with van der Waals surface area (Å²) in [6, 6.07) is 0. The summed E-state index contributed by atoms with van der Waals surface area (Å²) in [5.74, 6) is 0. The number of nitrogens with zero attached hydrogens (tertiary/aromatic N) is 3. The Morgan fingerprint density at radius 3 is 1.20 bits per heavy atom. The summed E-state index contributed by atoms with van der Waals surface area (Å²) in [5, 5.41) is 0. The van der Waals surface area contributed by atoms with Crippen molar-refractivity contribution in [2.24, 2.45) is 0 Å². The van der Waals surface area contributed by atoms with Gasteiger partial charge in [-0.1, -0.05) is 18.2 Å². The second kappa shape index (κ2) is 21.5. The molecule has 143 valence electrons. The van der Waals surface area contributed by atoms with Crippen molar-refractivity contribution in [3.05, 3.63) is 59.0 Å². The summed E-state index contributed by atoms with van der Waals surface area (Å²) in [4.78, 5) is 6.19. The predicted octanol–water partition coefficient (Wildman–Crippen LogP) is 3.97. The Kier molecular flexibility index (Phi) is 25.1. The number of hydrogen-bond donors (Lipinski definition) is 0. The van der Waals surface area contributed by atoms with Crippen molar-refractivity contribution in [2.45, 2.75) is 13.3 Å². The van der Waals surface area contributed by atoms with Crippen LogP contribution in [0.5, 0.6) is 0 Å². The molecule has 0 aromatic rings. The maximum absolute atomic E-state index is 3.56. The van der Waals surface area contributed by atoms with Crippen LogP contribution in [0.4, 0.5) is 0 Å². The number of allylic oxidation sites excluding steroid dienone is 4. The van der Waals surface area contributed by atoms with E-state index in [0.29, 0.717) is 0 Å². The van der Waals surface area contributed by atoms with Crippen LogP contribution in [0.15, 0.2) is 59.0 Å². The van der Waals surface area contributed by atoms with Crippen molar-refractivity contribution >= 4 is 0 Å².